The molecule has 1 fully saturated rings. The normalized spacial score (nSPS) is 16.9. The predicted molar refractivity (Wildman–Crippen MR) is 127 cm³/mol. The highest BCUT2D eigenvalue weighted by molar-refractivity contribution is 7.89. The van der Waals surface area contributed by atoms with E-state index in [1.807, 2.05) is 12.1 Å². The molecule has 1 aromatic heterocycles. The zero-order valence-corrected chi connectivity index (χ0v) is 19.6. The Morgan fingerprint density at radius 3 is 2.44 bits per heavy atom. The van der Waals surface area contributed by atoms with Crippen LogP contribution in [0.2, 0.25) is 0 Å². The maximum absolute atomic E-state index is 12.7. The molecular weight excluding hydrogens is 454 g/mol. The first-order chi connectivity index (χ1) is 16.4. The van der Waals surface area contributed by atoms with Gasteiger partial charge in [0.1, 0.15) is 0 Å². The van der Waals surface area contributed by atoms with Gasteiger partial charge in [0.05, 0.1) is 10.5 Å². The van der Waals surface area contributed by atoms with E-state index in [9.17, 15) is 18.0 Å². The molecule has 1 saturated heterocycles. The summed E-state index contributed by atoms with van der Waals surface area (Å²) in [6.07, 6.45) is 4.34. The Labute approximate surface area is 198 Å². The molecule has 0 bridgehead atoms. The van der Waals surface area contributed by atoms with Crippen molar-refractivity contribution in [1.29, 1.82) is 0 Å². The predicted octanol–water partition coefficient (Wildman–Crippen LogP) is 2.74. The third kappa shape index (κ3) is 4.33. The zero-order valence-electron chi connectivity index (χ0n) is 18.8. The molecule has 0 saturated carbocycles. The Morgan fingerprint density at radius 2 is 1.68 bits per heavy atom. The first-order valence-corrected chi connectivity index (χ1v) is 13.0. The number of aromatic nitrogens is 1. The standard InChI is InChI=1S/C25H27N3O5S/c29-24(27-12-14-28(15-13-27)34(31,32)19-6-2-1-3-7-19)17-33-25(30)18-10-11-23-21(16-18)20-8-4-5-9-22(20)26-23/h1-3,6-7,10-11,16,26H,4-5,8-9,12-15,17H2. The lowest BCUT2D eigenvalue weighted by Gasteiger charge is -2.33. The number of aryl methyl sites for hydroxylation is 2. The molecule has 2 aromatic carbocycles. The van der Waals surface area contributed by atoms with E-state index in [2.05, 4.69) is 4.98 Å². The second kappa shape index (κ2) is 9.23. The summed E-state index contributed by atoms with van der Waals surface area (Å²) in [4.78, 5) is 30.4. The Kier molecular flexibility index (Phi) is 6.14. The Morgan fingerprint density at radius 1 is 0.941 bits per heavy atom. The molecule has 2 heterocycles. The molecule has 1 aliphatic carbocycles. The van der Waals surface area contributed by atoms with E-state index in [0.717, 1.165) is 30.2 Å². The number of hydrogen-bond donors (Lipinski definition) is 1. The topological polar surface area (TPSA) is 99.8 Å². The summed E-state index contributed by atoms with van der Waals surface area (Å²) in [7, 11) is -3.59. The molecule has 5 rings (SSSR count). The number of carbonyl (C=O) groups is 2. The van der Waals surface area contributed by atoms with Crippen LogP contribution in [0.1, 0.15) is 34.5 Å². The first kappa shape index (κ1) is 22.6. The molecule has 9 heteroatoms. The largest absolute Gasteiger partial charge is 0.452 e. The summed E-state index contributed by atoms with van der Waals surface area (Å²) >= 11 is 0. The van der Waals surface area contributed by atoms with E-state index in [0.29, 0.717) is 5.56 Å². The van der Waals surface area contributed by atoms with E-state index >= 15 is 0 Å². The summed E-state index contributed by atoms with van der Waals surface area (Å²) < 4.78 is 32.2. The van der Waals surface area contributed by atoms with Gasteiger partial charge in [0, 0.05) is 42.8 Å². The van der Waals surface area contributed by atoms with Crippen LogP contribution < -0.4 is 0 Å². The van der Waals surface area contributed by atoms with Gasteiger partial charge in [-0.1, -0.05) is 18.2 Å². The van der Waals surface area contributed by atoms with Crippen molar-refractivity contribution in [3.05, 3.63) is 65.4 Å². The maximum atomic E-state index is 12.7. The lowest BCUT2D eigenvalue weighted by atomic mass is 9.95. The minimum Gasteiger partial charge on any atom is -0.452 e. The fourth-order valence-electron chi connectivity index (χ4n) is 4.75. The zero-order chi connectivity index (χ0) is 23.7. The van der Waals surface area contributed by atoms with Crippen molar-refractivity contribution < 1.29 is 22.7 Å². The Bertz CT molecular complexity index is 1330. The van der Waals surface area contributed by atoms with Gasteiger partial charge in [0.2, 0.25) is 10.0 Å². The number of amides is 1. The monoisotopic (exact) mass is 481 g/mol. The van der Waals surface area contributed by atoms with Crippen molar-refractivity contribution in [2.75, 3.05) is 32.8 Å². The second-order valence-electron chi connectivity index (χ2n) is 8.72. The maximum Gasteiger partial charge on any atom is 0.338 e. The van der Waals surface area contributed by atoms with Crippen LogP contribution in [0, 0.1) is 0 Å². The van der Waals surface area contributed by atoms with Crippen molar-refractivity contribution in [1.82, 2.24) is 14.2 Å². The van der Waals surface area contributed by atoms with Crippen LogP contribution in [0.4, 0.5) is 0 Å². The molecule has 1 N–H and O–H groups in total. The molecule has 0 spiro atoms. The number of esters is 1. The molecule has 0 atom stereocenters. The van der Waals surface area contributed by atoms with Crippen molar-refractivity contribution >= 4 is 32.8 Å². The molecule has 8 nitrogen and oxygen atoms in total. The quantitative estimate of drug-likeness (QED) is 0.565. The molecule has 2 aliphatic rings. The smallest absolute Gasteiger partial charge is 0.338 e. The highest BCUT2D eigenvalue weighted by Crippen LogP contribution is 2.30. The summed E-state index contributed by atoms with van der Waals surface area (Å²) in [5.74, 6) is -0.864. The van der Waals surface area contributed by atoms with E-state index in [1.165, 1.54) is 26.9 Å². The molecule has 34 heavy (non-hydrogen) atoms. The number of fused-ring (bicyclic) bond motifs is 3. The number of hydrogen-bond acceptors (Lipinski definition) is 5. The van der Waals surface area contributed by atoms with Crippen LogP contribution in [0.3, 0.4) is 0 Å². The minimum absolute atomic E-state index is 0.201. The van der Waals surface area contributed by atoms with Crippen molar-refractivity contribution in [3.63, 3.8) is 0 Å². The number of ether oxygens (including phenoxy) is 1. The highest BCUT2D eigenvalue weighted by Gasteiger charge is 2.30. The first-order valence-electron chi connectivity index (χ1n) is 11.6. The molecule has 0 unspecified atom stereocenters. The van der Waals surface area contributed by atoms with Gasteiger partial charge in [0.15, 0.2) is 6.61 Å². The van der Waals surface area contributed by atoms with Crippen LogP contribution in [0.25, 0.3) is 10.9 Å². The van der Waals surface area contributed by atoms with E-state index < -0.39 is 16.0 Å². The van der Waals surface area contributed by atoms with E-state index in [4.69, 9.17) is 4.74 Å². The fourth-order valence-corrected chi connectivity index (χ4v) is 6.20. The number of nitrogens with zero attached hydrogens (tertiary/aromatic N) is 2. The van der Waals surface area contributed by atoms with Gasteiger partial charge in [-0.15, -0.1) is 0 Å². The number of benzene rings is 2. The van der Waals surface area contributed by atoms with Crippen molar-refractivity contribution in [3.8, 4) is 0 Å². The van der Waals surface area contributed by atoms with Gasteiger partial charge in [-0.2, -0.15) is 4.31 Å². The SMILES string of the molecule is O=C(OCC(=O)N1CCN(S(=O)(=O)c2ccccc2)CC1)c1ccc2[nH]c3c(c2c1)CCCC3. The summed E-state index contributed by atoms with van der Waals surface area (Å²) in [5.41, 5.74) is 3.96. The summed E-state index contributed by atoms with van der Waals surface area (Å²) in [5, 5.41) is 1.05. The van der Waals surface area contributed by atoms with Gasteiger partial charge >= 0.3 is 5.97 Å². The summed E-state index contributed by atoms with van der Waals surface area (Å²) in [6, 6.07) is 13.7. The van der Waals surface area contributed by atoms with Crippen LogP contribution in [0.15, 0.2) is 53.4 Å². The number of aromatic amines is 1. The number of carbonyl (C=O) groups excluding carboxylic acids is 2. The number of rotatable bonds is 5. The number of H-pyrrole nitrogens is 1. The Hall–Kier alpha value is -3.17. The molecule has 3 aromatic rings. The number of nitrogens with one attached hydrogen (secondary N) is 1. The van der Waals surface area contributed by atoms with Crippen molar-refractivity contribution in [2.24, 2.45) is 0 Å². The number of piperazine rings is 1. The van der Waals surface area contributed by atoms with Crippen LogP contribution in [0.5, 0.6) is 0 Å². The van der Waals surface area contributed by atoms with Gasteiger partial charge in [-0.25, -0.2) is 13.2 Å². The van der Waals surface area contributed by atoms with Crippen molar-refractivity contribution in [2.45, 2.75) is 30.6 Å². The summed E-state index contributed by atoms with van der Waals surface area (Å²) in [6.45, 7) is 0.541. The van der Waals surface area contributed by atoms with Gasteiger partial charge in [-0.3, -0.25) is 4.79 Å². The third-order valence-corrected chi connectivity index (χ3v) is 8.55. The van der Waals surface area contributed by atoms with Crippen LogP contribution in [-0.4, -0.2) is 67.3 Å². The highest BCUT2D eigenvalue weighted by atomic mass is 32.2. The van der Waals surface area contributed by atoms with Gasteiger partial charge in [0.25, 0.3) is 5.91 Å². The fraction of sp³-hybridized carbons (Fsp3) is 0.360. The van der Waals surface area contributed by atoms with Gasteiger partial charge in [-0.05, 0) is 61.6 Å². The van der Waals surface area contributed by atoms with E-state index in [-0.39, 0.29) is 43.6 Å². The lowest BCUT2D eigenvalue weighted by Crippen LogP contribution is -2.51. The third-order valence-electron chi connectivity index (χ3n) is 6.63. The molecule has 0 radical (unpaired) electrons. The average Bonchev–Trinajstić information content (AvgIpc) is 3.25. The second-order valence-corrected chi connectivity index (χ2v) is 10.7. The van der Waals surface area contributed by atoms with Crippen LogP contribution in [-0.2, 0) is 32.4 Å². The molecule has 1 aliphatic heterocycles. The molecule has 178 valence electrons. The number of sulfonamides is 1. The lowest BCUT2D eigenvalue weighted by molar-refractivity contribution is -0.135. The molecular formula is C25H27N3O5S. The van der Waals surface area contributed by atoms with Crippen LogP contribution >= 0.6 is 0 Å². The van der Waals surface area contributed by atoms with E-state index in [1.54, 1.807) is 36.4 Å². The molecule has 1 amide bonds. The van der Waals surface area contributed by atoms with Gasteiger partial charge < -0.3 is 14.6 Å². The minimum atomic E-state index is -3.59. The Balaban J connectivity index is 1.17. The average molecular weight is 482 g/mol.